The van der Waals surface area contributed by atoms with Crippen molar-refractivity contribution in [3.63, 3.8) is 0 Å². The number of rotatable bonds is 3. The number of amides is 1. The van der Waals surface area contributed by atoms with E-state index in [1.807, 2.05) is 0 Å². The Kier molecular flexibility index (Phi) is 5.03. The topological polar surface area (TPSA) is 75.8 Å². The van der Waals surface area contributed by atoms with Gasteiger partial charge in [0.05, 0.1) is 6.10 Å². The van der Waals surface area contributed by atoms with Crippen molar-refractivity contribution < 1.29 is 14.3 Å². The van der Waals surface area contributed by atoms with Crippen LogP contribution in [0.2, 0.25) is 18.1 Å². The first-order valence-electron chi connectivity index (χ1n) is 6.94. The summed E-state index contributed by atoms with van der Waals surface area (Å²) in [5.41, 5.74) is 5.80. The normalized spacial score (nSPS) is 25.5. The molecule has 0 aromatic heterocycles. The van der Waals surface area contributed by atoms with Crippen molar-refractivity contribution in [2.45, 2.75) is 51.4 Å². The Hall–Kier alpha value is -0.593. The molecule has 2 atom stereocenters. The molecule has 0 aliphatic carbocycles. The third-order valence-corrected chi connectivity index (χ3v) is 8.99. The van der Waals surface area contributed by atoms with Crippen molar-refractivity contribution in [3.8, 4) is 0 Å². The molecule has 0 aromatic carbocycles. The molecule has 0 spiro atoms. The minimum Gasteiger partial charge on any atom is -0.465 e. The maximum Gasteiger partial charge on any atom is 0.407 e. The summed E-state index contributed by atoms with van der Waals surface area (Å²) in [6.45, 7) is 12.6. The highest BCUT2D eigenvalue weighted by Crippen LogP contribution is 2.39. The summed E-state index contributed by atoms with van der Waals surface area (Å²) in [6.07, 6.45) is -0.00792. The predicted octanol–water partition coefficient (Wildman–Crippen LogP) is 2.34. The van der Waals surface area contributed by atoms with E-state index in [0.717, 1.165) is 6.42 Å². The number of carboxylic acid groups (broad SMARTS) is 1. The van der Waals surface area contributed by atoms with Crippen LogP contribution in [0, 0.1) is 5.92 Å². The lowest BCUT2D eigenvalue weighted by Gasteiger charge is -2.44. The third kappa shape index (κ3) is 3.93. The predicted molar refractivity (Wildman–Crippen MR) is 78.8 cm³/mol. The minimum absolute atomic E-state index is 0.0986. The van der Waals surface area contributed by atoms with Crippen LogP contribution < -0.4 is 5.73 Å². The summed E-state index contributed by atoms with van der Waals surface area (Å²) in [5, 5.41) is 9.22. The fourth-order valence-corrected chi connectivity index (χ4v) is 3.54. The van der Waals surface area contributed by atoms with E-state index >= 15 is 0 Å². The SMILES string of the molecule is CC(C)(C)[Si](C)(C)OC1CCN(C(=O)O)CC1CN. The Bertz CT molecular complexity index is 328. The quantitative estimate of drug-likeness (QED) is 0.782. The van der Waals surface area contributed by atoms with Crippen LogP contribution in [0.15, 0.2) is 0 Å². The lowest BCUT2D eigenvalue weighted by molar-refractivity contribution is 0.0401. The molecule has 1 heterocycles. The van der Waals surface area contributed by atoms with Gasteiger partial charge >= 0.3 is 6.09 Å². The van der Waals surface area contributed by atoms with E-state index in [1.54, 1.807) is 0 Å². The maximum absolute atomic E-state index is 11.0. The van der Waals surface area contributed by atoms with Crippen LogP contribution in [0.5, 0.6) is 0 Å². The molecule has 1 amide bonds. The molecule has 19 heavy (non-hydrogen) atoms. The fraction of sp³-hybridized carbons (Fsp3) is 0.923. The Labute approximate surface area is 117 Å². The van der Waals surface area contributed by atoms with E-state index in [1.165, 1.54) is 4.90 Å². The molecule has 0 bridgehead atoms. The van der Waals surface area contributed by atoms with Crippen molar-refractivity contribution >= 4 is 14.4 Å². The van der Waals surface area contributed by atoms with Crippen LogP contribution in [0.25, 0.3) is 0 Å². The Morgan fingerprint density at radius 3 is 2.47 bits per heavy atom. The Morgan fingerprint density at radius 1 is 1.47 bits per heavy atom. The minimum atomic E-state index is -1.82. The molecule has 5 nitrogen and oxygen atoms in total. The molecule has 1 aliphatic rings. The van der Waals surface area contributed by atoms with E-state index in [2.05, 4.69) is 33.9 Å². The van der Waals surface area contributed by atoms with Gasteiger partial charge in [-0.25, -0.2) is 4.79 Å². The third-order valence-electron chi connectivity index (χ3n) is 4.49. The molecule has 0 saturated carbocycles. The zero-order valence-corrected chi connectivity index (χ0v) is 13.8. The highest BCUT2D eigenvalue weighted by molar-refractivity contribution is 6.74. The van der Waals surface area contributed by atoms with Crippen LogP contribution in [0.4, 0.5) is 4.79 Å². The van der Waals surface area contributed by atoms with Crippen LogP contribution >= 0.6 is 0 Å². The van der Waals surface area contributed by atoms with Crippen molar-refractivity contribution in [2.75, 3.05) is 19.6 Å². The van der Waals surface area contributed by atoms with Crippen LogP contribution in [-0.2, 0) is 4.43 Å². The van der Waals surface area contributed by atoms with E-state index < -0.39 is 14.4 Å². The molecular weight excluding hydrogens is 260 g/mol. The Balaban J connectivity index is 2.72. The average Bonchev–Trinajstić information content (AvgIpc) is 2.27. The van der Waals surface area contributed by atoms with Gasteiger partial charge in [-0.15, -0.1) is 0 Å². The van der Waals surface area contributed by atoms with Gasteiger partial charge in [0.15, 0.2) is 8.32 Å². The summed E-state index contributed by atoms with van der Waals surface area (Å²) < 4.78 is 6.41. The maximum atomic E-state index is 11.0. The molecular formula is C13H28N2O3Si. The van der Waals surface area contributed by atoms with Crippen molar-refractivity contribution in [1.29, 1.82) is 0 Å². The van der Waals surface area contributed by atoms with E-state index in [9.17, 15) is 4.79 Å². The van der Waals surface area contributed by atoms with E-state index in [-0.39, 0.29) is 17.1 Å². The molecule has 3 N–H and O–H groups in total. The molecule has 0 aromatic rings. The molecule has 1 rings (SSSR count). The van der Waals surface area contributed by atoms with Gasteiger partial charge in [-0.1, -0.05) is 20.8 Å². The standard InChI is InChI=1S/C13H28N2O3Si/c1-13(2,3)19(4,5)18-11-6-7-15(12(16)17)9-10(11)8-14/h10-11H,6-9,14H2,1-5H3,(H,16,17). The first-order valence-corrected chi connectivity index (χ1v) is 9.85. The van der Waals surface area contributed by atoms with Gasteiger partial charge in [-0.2, -0.15) is 0 Å². The first-order chi connectivity index (χ1) is 8.58. The lowest BCUT2D eigenvalue weighted by Crippen LogP contribution is -2.53. The number of hydrogen-bond donors (Lipinski definition) is 2. The van der Waals surface area contributed by atoms with Gasteiger partial charge in [0, 0.05) is 19.0 Å². The number of carbonyl (C=O) groups is 1. The van der Waals surface area contributed by atoms with Crippen molar-refractivity contribution in [1.82, 2.24) is 4.90 Å². The lowest BCUT2D eigenvalue weighted by atomic mass is 9.95. The van der Waals surface area contributed by atoms with Gasteiger partial charge in [0.2, 0.25) is 0 Å². The molecule has 2 unspecified atom stereocenters. The van der Waals surface area contributed by atoms with Crippen LogP contribution in [0.1, 0.15) is 27.2 Å². The zero-order valence-electron chi connectivity index (χ0n) is 12.8. The van der Waals surface area contributed by atoms with Crippen LogP contribution in [-0.4, -0.2) is 50.2 Å². The second-order valence-corrected chi connectivity index (χ2v) is 11.7. The molecule has 6 heteroatoms. The molecule has 112 valence electrons. The summed E-state index contributed by atoms with van der Waals surface area (Å²) in [7, 11) is -1.82. The molecule has 1 fully saturated rings. The summed E-state index contributed by atoms with van der Waals surface area (Å²) >= 11 is 0. The number of piperidine rings is 1. The second kappa shape index (κ2) is 5.81. The van der Waals surface area contributed by atoms with E-state index in [0.29, 0.717) is 19.6 Å². The number of likely N-dealkylation sites (tertiary alicyclic amines) is 1. The molecule has 1 aliphatic heterocycles. The molecule has 1 saturated heterocycles. The number of nitrogens with two attached hydrogens (primary N) is 1. The van der Waals surface area contributed by atoms with Gasteiger partial charge < -0.3 is 20.2 Å². The van der Waals surface area contributed by atoms with Gasteiger partial charge in [-0.3, -0.25) is 0 Å². The average molecular weight is 288 g/mol. The highest BCUT2D eigenvalue weighted by atomic mass is 28.4. The smallest absolute Gasteiger partial charge is 0.407 e. The summed E-state index contributed by atoms with van der Waals surface area (Å²) in [4.78, 5) is 12.5. The fourth-order valence-electron chi connectivity index (χ4n) is 2.12. The van der Waals surface area contributed by atoms with Gasteiger partial charge in [0.1, 0.15) is 0 Å². The van der Waals surface area contributed by atoms with Crippen molar-refractivity contribution in [2.24, 2.45) is 11.7 Å². The van der Waals surface area contributed by atoms with Gasteiger partial charge in [-0.05, 0) is 31.1 Å². The monoisotopic (exact) mass is 288 g/mol. The van der Waals surface area contributed by atoms with Gasteiger partial charge in [0.25, 0.3) is 0 Å². The largest absolute Gasteiger partial charge is 0.465 e. The second-order valence-electron chi connectivity index (χ2n) is 6.93. The highest BCUT2D eigenvalue weighted by Gasteiger charge is 2.42. The van der Waals surface area contributed by atoms with Crippen LogP contribution in [0.3, 0.4) is 0 Å². The molecule has 0 radical (unpaired) electrons. The first kappa shape index (κ1) is 16.5. The van der Waals surface area contributed by atoms with Crippen molar-refractivity contribution in [3.05, 3.63) is 0 Å². The number of nitrogens with zero attached hydrogens (tertiary/aromatic N) is 1. The Morgan fingerprint density at radius 2 is 2.05 bits per heavy atom. The zero-order chi connectivity index (χ0) is 14.8. The summed E-state index contributed by atoms with van der Waals surface area (Å²) in [6, 6.07) is 0. The van der Waals surface area contributed by atoms with E-state index in [4.69, 9.17) is 15.3 Å². The number of hydrogen-bond acceptors (Lipinski definition) is 3. The summed E-state index contributed by atoms with van der Waals surface area (Å²) in [5.74, 6) is 0.110.